The Labute approximate surface area is 149 Å². The van der Waals surface area contributed by atoms with Gasteiger partial charge in [-0.2, -0.15) is 0 Å². The van der Waals surface area contributed by atoms with E-state index in [1.54, 1.807) is 0 Å². The third kappa shape index (κ3) is 4.30. The molecule has 0 bridgehead atoms. The van der Waals surface area contributed by atoms with Gasteiger partial charge in [0.2, 0.25) is 0 Å². The Morgan fingerprint density at radius 1 is 1.14 bits per heavy atom. The molecule has 1 N–H and O–H groups in total. The minimum Gasteiger partial charge on any atom is -0.306 e. The summed E-state index contributed by atoms with van der Waals surface area (Å²) in [6.07, 6.45) is 1.13. The second-order valence-electron chi connectivity index (χ2n) is 5.40. The van der Waals surface area contributed by atoms with Gasteiger partial charge in [0.05, 0.1) is 6.04 Å². The van der Waals surface area contributed by atoms with Gasteiger partial charge in [0.15, 0.2) is 0 Å². The average Bonchev–Trinajstić information content (AvgIpc) is 2.44. The summed E-state index contributed by atoms with van der Waals surface area (Å²) in [4.78, 5) is 0. The van der Waals surface area contributed by atoms with Crippen LogP contribution in [0.15, 0.2) is 40.9 Å². The van der Waals surface area contributed by atoms with Crippen LogP contribution in [0.25, 0.3) is 0 Å². The topological polar surface area (TPSA) is 12.0 Å². The van der Waals surface area contributed by atoms with Crippen molar-refractivity contribution in [2.24, 2.45) is 0 Å². The van der Waals surface area contributed by atoms with Gasteiger partial charge in [0, 0.05) is 8.04 Å². The van der Waals surface area contributed by atoms with Gasteiger partial charge in [-0.15, -0.1) is 0 Å². The predicted octanol–water partition coefficient (Wildman–Crippen LogP) is 5.76. The first-order valence-electron chi connectivity index (χ1n) is 7.28. The Balaban J connectivity index is 2.47. The van der Waals surface area contributed by atoms with Crippen LogP contribution in [0.3, 0.4) is 0 Å². The fourth-order valence-electron chi connectivity index (χ4n) is 2.50. The van der Waals surface area contributed by atoms with Gasteiger partial charge in [0.25, 0.3) is 0 Å². The molecule has 21 heavy (non-hydrogen) atoms. The molecule has 0 aliphatic rings. The van der Waals surface area contributed by atoms with E-state index in [-0.39, 0.29) is 6.04 Å². The lowest BCUT2D eigenvalue weighted by molar-refractivity contribution is 0.595. The molecule has 1 unspecified atom stereocenters. The lowest BCUT2D eigenvalue weighted by Gasteiger charge is -2.23. The molecule has 0 saturated heterocycles. The quantitative estimate of drug-likeness (QED) is 0.562. The molecule has 0 heterocycles. The summed E-state index contributed by atoms with van der Waals surface area (Å²) in [5.74, 6) is 0. The minimum absolute atomic E-state index is 0.256. The third-order valence-corrected chi connectivity index (χ3v) is 5.16. The summed E-state index contributed by atoms with van der Waals surface area (Å²) >= 11 is 6.01. The SMILES string of the molecule is CCCNC(c1cccc(I)c1)c1cc(C)c(Br)cc1C. The van der Waals surface area contributed by atoms with Crippen LogP contribution in [0.5, 0.6) is 0 Å². The van der Waals surface area contributed by atoms with E-state index in [2.05, 4.69) is 101 Å². The number of hydrogen-bond donors (Lipinski definition) is 1. The van der Waals surface area contributed by atoms with Crippen molar-refractivity contribution in [2.75, 3.05) is 6.54 Å². The minimum atomic E-state index is 0.256. The molecule has 112 valence electrons. The fraction of sp³-hybridized carbons (Fsp3) is 0.333. The number of nitrogens with one attached hydrogen (secondary N) is 1. The smallest absolute Gasteiger partial charge is 0.0579 e. The second kappa shape index (κ2) is 7.75. The Morgan fingerprint density at radius 3 is 2.57 bits per heavy atom. The fourth-order valence-corrected chi connectivity index (χ4v) is 3.52. The van der Waals surface area contributed by atoms with Gasteiger partial charge in [-0.25, -0.2) is 0 Å². The van der Waals surface area contributed by atoms with Crippen LogP contribution in [0, 0.1) is 17.4 Å². The van der Waals surface area contributed by atoms with Crippen LogP contribution >= 0.6 is 38.5 Å². The van der Waals surface area contributed by atoms with E-state index in [4.69, 9.17) is 0 Å². The van der Waals surface area contributed by atoms with Crippen molar-refractivity contribution in [1.82, 2.24) is 5.32 Å². The molecule has 0 spiro atoms. The van der Waals surface area contributed by atoms with Crippen molar-refractivity contribution in [3.8, 4) is 0 Å². The monoisotopic (exact) mass is 457 g/mol. The van der Waals surface area contributed by atoms with E-state index in [1.165, 1.54) is 30.3 Å². The first-order valence-corrected chi connectivity index (χ1v) is 9.15. The molecule has 2 aromatic carbocycles. The Bertz CT molecular complexity index is 625. The lowest BCUT2D eigenvalue weighted by atomic mass is 9.93. The van der Waals surface area contributed by atoms with E-state index in [9.17, 15) is 0 Å². The Morgan fingerprint density at radius 2 is 1.90 bits per heavy atom. The zero-order valence-corrected chi connectivity index (χ0v) is 16.5. The van der Waals surface area contributed by atoms with Crippen LogP contribution in [0.1, 0.15) is 41.6 Å². The molecular weight excluding hydrogens is 437 g/mol. The van der Waals surface area contributed by atoms with E-state index in [1.807, 2.05) is 0 Å². The van der Waals surface area contributed by atoms with E-state index >= 15 is 0 Å². The maximum absolute atomic E-state index is 3.70. The van der Waals surface area contributed by atoms with E-state index in [0.29, 0.717) is 0 Å². The summed E-state index contributed by atoms with van der Waals surface area (Å²) in [6, 6.07) is 13.5. The van der Waals surface area contributed by atoms with Crippen molar-refractivity contribution in [3.05, 3.63) is 66.7 Å². The van der Waals surface area contributed by atoms with Crippen LogP contribution in [-0.4, -0.2) is 6.54 Å². The molecule has 1 atom stereocenters. The molecule has 2 rings (SSSR count). The highest BCUT2D eigenvalue weighted by Crippen LogP contribution is 2.30. The predicted molar refractivity (Wildman–Crippen MR) is 103 cm³/mol. The van der Waals surface area contributed by atoms with Crippen LogP contribution in [-0.2, 0) is 0 Å². The normalized spacial score (nSPS) is 12.4. The zero-order chi connectivity index (χ0) is 15.4. The highest BCUT2D eigenvalue weighted by molar-refractivity contribution is 14.1. The highest BCUT2D eigenvalue weighted by Gasteiger charge is 2.16. The molecule has 0 amide bonds. The molecule has 0 aliphatic carbocycles. The molecule has 3 heteroatoms. The average molecular weight is 458 g/mol. The van der Waals surface area contributed by atoms with Crippen molar-refractivity contribution in [2.45, 2.75) is 33.2 Å². The van der Waals surface area contributed by atoms with Gasteiger partial charge < -0.3 is 5.32 Å². The molecule has 0 fully saturated rings. The maximum atomic E-state index is 3.70. The molecular formula is C18H21BrIN. The van der Waals surface area contributed by atoms with Crippen molar-refractivity contribution in [3.63, 3.8) is 0 Å². The summed E-state index contributed by atoms with van der Waals surface area (Å²) in [6.45, 7) is 7.57. The molecule has 2 aromatic rings. The number of halogens is 2. The van der Waals surface area contributed by atoms with Crippen molar-refractivity contribution < 1.29 is 0 Å². The summed E-state index contributed by atoms with van der Waals surface area (Å²) in [5.41, 5.74) is 5.30. The van der Waals surface area contributed by atoms with E-state index in [0.717, 1.165) is 13.0 Å². The Hall–Kier alpha value is -0.390. The van der Waals surface area contributed by atoms with Crippen molar-refractivity contribution in [1.29, 1.82) is 0 Å². The van der Waals surface area contributed by atoms with Crippen LogP contribution in [0.4, 0.5) is 0 Å². The number of rotatable bonds is 5. The molecule has 0 radical (unpaired) electrons. The second-order valence-corrected chi connectivity index (χ2v) is 7.50. The number of hydrogen-bond acceptors (Lipinski definition) is 1. The molecule has 0 aliphatic heterocycles. The van der Waals surface area contributed by atoms with Gasteiger partial charge in [-0.3, -0.25) is 0 Å². The van der Waals surface area contributed by atoms with Gasteiger partial charge in [-0.05, 0) is 89.9 Å². The Kier molecular flexibility index (Phi) is 6.26. The zero-order valence-electron chi connectivity index (χ0n) is 12.7. The third-order valence-electron chi connectivity index (χ3n) is 3.64. The van der Waals surface area contributed by atoms with Gasteiger partial charge in [-0.1, -0.05) is 41.1 Å². The van der Waals surface area contributed by atoms with Gasteiger partial charge in [0.1, 0.15) is 0 Å². The summed E-state index contributed by atoms with van der Waals surface area (Å²) in [5, 5.41) is 3.70. The van der Waals surface area contributed by atoms with Crippen LogP contribution < -0.4 is 5.32 Å². The highest BCUT2D eigenvalue weighted by atomic mass is 127. The van der Waals surface area contributed by atoms with Gasteiger partial charge >= 0.3 is 0 Å². The first kappa shape index (κ1) is 17.0. The molecule has 0 saturated carbocycles. The maximum Gasteiger partial charge on any atom is 0.0579 e. The number of aryl methyl sites for hydroxylation is 2. The first-order chi connectivity index (χ1) is 10.0. The van der Waals surface area contributed by atoms with Crippen molar-refractivity contribution >= 4 is 38.5 Å². The molecule has 1 nitrogen and oxygen atoms in total. The standard InChI is InChI=1S/C18H21BrIN/c1-4-8-21-18(14-6-5-7-15(20)11-14)16-9-13(3)17(19)10-12(16)2/h5-7,9-11,18,21H,4,8H2,1-3H3. The number of benzene rings is 2. The summed E-state index contributed by atoms with van der Waals surface area (Å²) in [7, 11) is 0. The summed E-state index contributed by atoms with van der Waals surface area (Å²) < 4.78 is 2.46. The van der Waals surface area contributed by atoms with Crippen LogP contribution in [0.2, 0.25) is 0 Å². The lowest BCUT2D eigenvalue weighted by Crippen LogP contribution is -2.24. The molecule has 0 aromatic heterocycles. The largest absolute Gasteiger partial charge is 0.306 e. The van der Waals surface area contributed by atoms with E-state index < -0.39 is 0 Å².